The van der Waals surface area contributed by atoms with Gasteiger partial charge in [0.1, 0.15) is 23.7 Å². The molecule has 138 valence electrons. The van der Waals surface area contributed by atoms with Crippen LogP contribution in [-0.2, 0) is 24.1 Å². The quantitative estimate of drug-likeness (QED) is 0.581. The second-order valence-electron chi connectivity index (χ2n) is 5.50. The van der Waals surface area contributed by atoms with E-state index in [9.17, 15) is 27.9 Å². The van der Waals surface area contributed by atoms with E-state index < -0.39 is 34.6 Å². The minimum Gasteiger partial charge on any atom is -0.506 e. The molecule has 2 aromatic rings. The minimum absolute atomic E-state index is 0.184. The van der Waals surface area contributed by atoms with Gasteiger partial charge in [0.25, 0.3) is 0 Å². The molecule has 5 nitrogen and oxygen atoms in total. The number of ether oxygens (including phenoxy) is 1. The van der Waals surface area contributed by atoms with Crippen molar-refractivity contribution < 1.29 is 32.6 Å². The number of hydrogen-bond donors (Lipinski definition) is 2. The summed E-state index contributed by atoms with van der Waals surface area (Å²) in [6.45, 7) is 1.16. The fourth-order valence-electron chi connectivity index (χ4n) is 2.40. The van der Waals surface area contributed by atoms with Crippen molar-refractivity contribution in [2.24, 2.45) is 0 Å². The lowest BCUT2D eigenvalue weighted by Gasteiger charge is -2.17. The zero-order valence-corrected chi connectivity index (χ0v) is 13.8. The number of carbonyl (C=O) groups is 2. The molecular weight excluding hydrogens is 351 g/mol. The van der Waals surface area contributed by atoms with Crippen molar-refractivity contribution in [1.29, 1.82) is 0 Å². The number of carbonyl (C=O) groups excluding carboxylic acids is 2. The Hall–Kier alpha value is -3.03. The van der Waals surface area contributed by atoms with Gasteiger partial charge in [0.05, 0.1) is 5.56 Å². The van der Waals surface area contributed by atoms with Crippen LogP contribution in [0.2, 0.25) is 0 Å². The topological polar surface area (TPSA) is 75.6 Å². The van der Waals surface area contributed by atoms with Crippen LogP contribution < -0.4 is 10.1 Å². The number of nitrogens with one attached hydrogen (secondary N) is 1. The molecule has 8 heteroatoms. The van der Waals surface area contributed by atoms with Crippen molar-refractivity contribution in [3.8, 4) is 11.5 Å². The number of rotatable bonds is 7. The summed E-state index contributed by atoms with van der Waals surface area (Å²) in [5.74, 6) is -2.40. The summed E-state index contributed by atoms with van der Waals surface area (Å²) in [5.41, 5.74) is -0.474. The summed E-state index contributed by atoms with van der Waals surface area (Å²) in [6.07, 6.45) is -4.35. The van der Waals surface area contributed by atoms with Gasteiger partial charge in [-0.2, -0.15) is 13.2 Å². The van der Waals surface area contributed by atoms with E-state index in [4.69, 9.17) is 4.74 Å². The van der Waals surface area contributed by atoms with E-state index >= 15 is 0 Å². The average Bonchev–Trinajstić information content (AvgIpc) is 2.57. The van der Waals surface area contributed by atoms with E-state index in [2.05, 4.69) is 5.32 Å². The smallest absolute Gasteiger partial charge is 0.423 e. The number of benzene rings is 2. The fraction of sp³-hybridized carbons (Fsp3) is 0.222. The third kappa shape index (κ3) is 4.53. The molecule has 0 fully saturated rings. The molecule has 0 aliphatic heterocycles. The Kier molecular flexibility index (Phi) is 5.86. The third-order valence-corrected chi connectivity index (χ3v) is 3.58. The molecule has 2 rings (SSSR count). The van der Waals surface area contributed by atoms with Crippen molar-refractivity contribution in [2.75, 3.05) is 0 Å². The highest BCUT2D eigenvalue weighted by Gasteiger charge is 2.39. The Labute approximate surface area is 147 Å². The third-order valence-electron chi connectivity index (χ3n) is 3.58. The maximum absolute atomic E-state index is 13.3. The maximum atomic E-state index is 13.3. The second kappa shape index (κ2) is 7.90. The molecule has 0 aliphatic carbocycles. The predicted molar refractivity (Wildman–Crippen MR) is 86.8 cm³/mol. The molecule has 0 heterocycles. The average molecular weight is 367 g/mol. The number of halogens is 3. The molecule has 0 radical (unpaired) electrons. The highest BCUT2D eigenvalue weighted by molar-refractivity contribution is 5.97. The van der Waals surface area contributed by atoms with Crippen molar-refractivity contribution in [1.82, 2.24) is 5.32 Å². The Morgan fingerprint density at radius 1 is 1.23 bits per heavy atom. The van der Waals surface area contributed by atoms with E-state index in [1.165, 1.54) is 0 Å². The molecule has 0 aliphatic rings. The van der Waals surface area contributed by atoms with E-state index in [1.54, 1.807) is 24.3 Å². The first-order valence-electron chi connectivity index (χ1n) is 7.55. The van der Waals surface area contributed by atoms with Crippen LogP contribution in [0, 0.1) is 0 Å². The summed E-state index contributed by atoms with van der Waals surface area (Å²) >= 11 is 0. The lowest BCUT2D eigenvalue weighted by Crippen LogP contribution is -2.12. The number of phenolic OH excluding ortho intramolecular Hbond substituents is 1. The van der Waals surface area contributed by atoms with Crippen LogP contribution in [0.5, 0.6) is 11.5 Å². The first kappa shape index (κ1) is 19.3. The molecule has 0 saturated carbocycles. The van der Waals surface area contributed by atoms with Gasteiger partial charge in [-0.15, -0.1) is 0 Å². The standard InChI is InChI=1S/C18H16F3NO4/c1-11(24)14-5-6-15(16(17(14)25)18(19,20)21)26-9-13-4-2-3-12(7-13)8-22-10-23/h2-7,10,25H,8-9H2,1H3,(H,22,23). The first-order chi connectivity index (χ1) is 12.2. The number of phenols is 1. The molecule has 0 aromatic heterocycles. The molecule has 0 spiro atoms. The molecule has 1 amide bonds. The van der Waals surface area contributed by atoms with Gasteiger partial charge < -0.3 is 15.2 Å². The molecule has 0 atom stereocenters. The van der Waals surface area contributed by atoms with Gasteiger partial charge in [-0.3, -0.25) is 9.59 Å². The van der Waals surface area contributed by atoms with Gasteiger partial charge in [-0.05, 0) is 30.2 Å². The Morgan fingerprint density at radius 2 is 1.92 bits per heavy atom. The summed E-state index contributed by atoms with van der Waals surface area (Å²) in [7, 11) is 0. The van der Waals surface area contributed by atoms with Crippen molar-refractivity contribution >= 4 is 12.2 Å². The summed E-state index contributed by atoms with van der Waals surface area (Å²) in [6, 6.07) is 8.86. The van der Waals surface area contributed by atoms with Crippen LogP contribution in [0.1, 0.15) is 34.0 Å². The van der Waals surface area contributed by atoms with Crippen LogP contribution in [0.4, 0.5) is 13.2 Å². The summed E-state index contributed by atoms with van der Waals surface area (Å²) < 4.78 is 45.1. The zero-order valence-electron chi connectivity index (χ0n) is 13.8. The van der Waals surface area contributed by atoms with Gasteiger partial charge in [0.2, 0.25) is 6.41 Å². The van der Waals surface area contributed by atoms with E-state index in [0.29, 0.717) is 12.0 Å². The largest absolute Gasteiger partial charge is 0.506 e. The maximum Gasteiger partial charge on any atom is 0.423 e. The summed E-state index contributed by atoms with van der Waals surface area (Å²) in [5, 5.41) is 12.3. The Balaban J connectivity index is 2.28. The zero-order chi connectivity index (χ0) is 19.3. The molecule has 26 heavy (non-hydrogen) atoms. The molecule has 2 aromatic carbocycles. The molecule has 0 unspecified atom stereocenters. The molecule has 2 N–H and O–H groups in total. The number of Topliss-reactive ketones (excluding diaryl/α,β-unsaturated/α-hetero) is 1. The molecular formula is C18H16F3NO4. The van der Waals surface area contributed by atoms with Crippen LogP contribution in [0.3, 0.4) is 0 Å². The van der Waals surface area contributed by atoms with Crippen LogP contribution in [-0.4, -0.2) is 17.3 Å². The van der Waals surface area contributed by atoms with Crippen molar-refractivity contribution in [3.05, 3.63) is 58.7 Å². The Bertz CT molecular complexity index is 819. The normalized spacial score (nSPS) is 11.1. The number of amides is 1. The summed E-state index contributed by atoms with van der Waals surface area (Å²) in [4.78, 5) is 21.7. The fourth-order valence-corrected chi connectivity index (χ4v) is 2.40. The van der Waals surface area contributed by atoms with E-state index in [-0.39, 0.29) is 13.2 Å². The van der Waals surface area contributed by atoms with Crippen LogP contribution in [0.15, 0.2) is 36.4 Å². The van der Waals surface area contributed by atoms with E-state index in [1.807, 2.05) is 0 Å². The number of alkyl halides is 3. The SMILES string of the molecule is CC(=O)c1ccc(OCc2cccc(CNC=O)c2)c(C(F)(F)F)c1O. The van der Waals surface area contributed by atoms with Gasteiger partial charge in [0, 0.05) is 6.54 Å². The van der Waals surface area contributed by atoms with Gasteiger partial charge >= 0.3 is 6.18 Å². The minimum atomic E-state index is -4.89. The van der Waals surface area contributed by atoms with Crippen LogP contribution >= 0.6 is 0 Å². The monoisotopic (exact) mass is 367 g/mol. The predicted octanol–water partition coefficient (Wildman–Crippen LogP) is 3.44. The lowest BCUT2D eigenvalue weighted by molar-refractivity contribution is -0.140. The van der Waals surface area contributed by atoms with Crippen molar-refractivity contribution in [3.63, 3.8) is 0 Å². The van der Waals surface area contributed by atoms with E-state index in [0.717, 1.165) is 24.6 Å². The van der Waals surface area contributed by atoms with Crippen LogP contribution in [0.25, 0.3) is 0 Å². The highest BCUT2D eigenvalue weighted by atomic mass is 19.4. The lowest BCUT2D eigenvalue weighted by atomic mass is 10.0. The first-order valence-corrected chi connectivity index (χ1v) is 7.55. The highest BCUT2D eigenvalue weighted by Crippen LogP contribution is 2.44. The number of hydrogen-bond acceptors (Lipinski definition) is 4. The second-order valence-corrected chi connectivity index (χ2v) is 5.50. The Morgan fingerprint density at radius 3 is 2.54 bits per heavy atom. The van der Waals surface area contributed by atoms with Crippen molar-refractivity contribution in [2.45, 2.75) is 26.3 Å². The van der Waals surface area contributed by atoms with Gasteiger partial charge in [-0.1, -0.05) is 24.3 Å². The molecule has 0 saturated heterocycles. The number of aromatic hydroxyl groups is 1. The van der Waals surface area contributed by atoms with Gasteiger partial charge in [0.15, 0.2) is 5.78 Å². The van der Waals surface area contributed by atoms with Gasteiger partial charge in [-0.25, -0.2) is 0 Å². The number of ketones is 1. The molecule has 0 bridgehead atoms.